The Morgan fingerprint density at radius 2 is 1.67 bits per heavy atom. The zero-order chi connectivity index (χ0) is 21.3. The van der Waals surface area contributed by atoms with Crippen LogP contribution in [0, 0.1) is 0 Å². The smallest absolute Gasteiger partial charge is 0.254 e. The molecule has 8 nitrogen and oxygen atoms in total. The van der Waals surface area contributed by atoms with E-state index >= 15 is 0 Å². The van der Waals surface area contributed by atoms with Crippen LogP contribution in [0.2, 0.25) is 0 Å². The minimum atomic E-state index is -1.42. The highest BCUT2D eigenvalue weighted by molar-refractivity contribution is 8.14. The van der Waals surface area contributed by atoms with Crippen molar-refractivity contribution in [1.82, 2.24) is 10.2 Å². The van der Waals surface area contributed by atoms with E-state index in [0.29, 0.717) is 11.3 Å². The Bertz CT molecular complexity index is 956. The van der Waals surface area contributed by atoms with E-state index in [0.717, 1.165) is 11.8 Å². The molecule has 4 rings (SSSR count). The Labute approximate surface area is 177 Å². The minimum Gasteiger partial charge on any atom is -0.394 e. The number of benzene rings is 2. The number of hydrogen-bond donors (Lipinski definition) is 4. The molecule has 9 heteroatoms. The Kier molecular flexibility index (Phi) is 5.87. The van der Waals surface area contributed by atoms with Crippen molar-refractivity contribution in [3.63, 3.8) is 0 Å². The molecule has 2 aromatic rings. The van der Waals surface area contributed by atoms with E-state index in [9.17, 15) is 24.9 Å². The number of para-hydroxylation sites is 1. The molecular weight excluding hydrogens is 406 g/mol. The van der Waals surface area contributed by atoms with Crippen molar-refractivity contribution in [2.45, 2.75) is 29.5 Å². The molecule has 0 aromatic heterocycles. The third kappa shape index (κ3) is 3.72. The minimum absolute atomic E-state index is 0.272. The number of likely N-dealkylation sites (tertiary alicyclic amines) is 1. The number of amides is 2. The van der Waals surface area contributed by atoms with Crippen molar-refractivity contribution in [2.75, 3.05) is 6.61 Å². The molecule has 0 unspecified atom stereocenters. The van der Waals surface area contributed by atoms with Crippen molar-refractivity contribution in [1.29, 1.82) is 0 Å². The largest absolute Gasteiger partial charge is 0.394 e. The zero-order valence-corrected chi connectivity index (χ0v) is 16.6. The van der Waals surface area contributed by atoms with Crippen LogP contribution in [0.3, 0.4) is 0 Å². The van der Waals surface area contributed by atoms with Gasteiger partial charge >= 0.3 is 0 Å². The molecule has 5 atom stereocenters. The number of aliphatic imine (C=N–C) groups is 1. The maximum atomic E-state index is 13.2. The van der Waals surface area contributed by atoms with Gasteiger partial charge in [0, 0.05) is 5.56 Å². The average Bonchev–Trinajstić information content (AvgIpc) is 2.77. The first-order valence-corrected chi connectivity index (χ1v) is 10.3. The van der Waals surface area contributed by atoms with Gasteiger partial charge in [-0.1, -0.05) is 48.2 Å². The highest BCUT2D eigenvalue weighted by Crippen LogP contribution is 2.37. The zero-order valence-electron chi connectivity index (χ0n) is 15.8. The summed E-state index contributed by atoms with van der Waals surface area (Å²) >= 11 is 1.09. The van der Waals surface area contributed by atoms with Crippen molar-refractivity contribution in [3.05, 3.63) is 66.2 Å². The molecule has 2 aromatic carbocycles. The predicted molar refractivity (Wildman–Crippen MR) is 112 cm³/mol. The third-order valence-corrected chi connectivity index (χ3v) is 6.45. The monoisotopic (exact) mass is 427 g/mol. The van der Waals surface area contributed by atoms with E-state index in [2.05, 4.69) is 10.3 Å². The third-order valence-electron chi connectivity index (χ3n) is 5.22. The summed E-state index contributed by atoms with van der Waals surface area (Å²) in [5.74, 6) is -1.03. The van der Waals surface area contributed by atoms with Crippen LogP contribution in [-0.2, 0) is 4.79 Å². The van der Waals surface area contributed by atoms with Crippen LogP contribution in [-0.4, -0.2) is 73.3 Å². The summed E-state index contributed by atoms with van der Waals surface area (Å²) in [6.07, 6.45) is -2.75. The number of amidine groups is 1. The lowest BCUT2D eigenvalue weighted by molar-refractivity contribution is -0.137. The van der Waals surface area contributed by atoms with Crippen molar-refractivity contribution in [2.24, 2.45) is 4.99 Å². The Balaban J connectivity index is 1.70. The number of thioether (sulfide) groups is 1. The second kappa shape index (κ2) is 8.57. The van der Waals surface area contributed by atoms with Gasteiger partial charge in [-0.25, -0.2) is 4.99 Å². The van der Waals surface area contributed by atoms with Gasteiger partial charge in [-0.3, -0.25) is 9.59 Å². The molecule has 2 saturated heterocycles. The van der Waals surface area contributed by atoms with E-state index in [4.69, 9.17) is 0 Å². The molecule has 0 bridgehead atoms. The molecular formula is C21H21N3O5S. The maximum absolute atomic E-state index is 13.2. The lowest BCUT2D eigenvalue weighted by Gasteiger charge is -2.50. The van der Waals surface area contributed by atoms with Crippen molar-refractivity contribution < 1.29 is 24.9 Å². The SMILES string of the molecule is O=C1NC(=Nc2ccccc2)S[C@H]2[C@@H](O)[C@H](O)[C@@H](CO)N(C(=O)c3ccccc3)[C@@H]12. The number of carbonyl (C=O) groups excluding carboxylic acids is 2. The summed E-state index contributed by atoms with van der Waals surface area (Å²) in [6, 6.07) is 15.1. The number of piperidine rings is 1. The fourth-order valence-corrected chi connectivity index (χ4v) is 5.02. The van der Waals surface area contributed by atoms with Gasteiger partial charge in [0.25, 0.3) is 5.91 Å². The van der Waals surface area contributed by atoms with Gasteiger partial charge in [-0.05, 0) is 24.3 Å². The maximum Gasteiger partial charge on any atom is 0.254 e. The molecule has 2 heterocycles. The highest BCUT2D eigenvalue weighted by Gasteiger charge is 2.55. The summed E-state index contributed by atoms with van der Waals surface area (Å²) in [6.45, 7) is -0.594. The molecule has 2 amide bonds. The van der Waals surface area contributed by atoms with E-state index in [1.807, 2.05) is 18.2 Å². The van der Waals surface area contributed by atoms with Crippen LogP contribution in [0.25, 0.3) is 0 Å². The van der Waals surface area contributed by atoms with Crippen molar-refractivity contribution in [3.8, 4) is 0 Å². The summed E-state index contributed by atoms with van der Waals surface area (Å²) in [5.41, 5.74) is 0.940. The molecule has 4 N–H and O–H groups in total. The topological polar surface area (TPSA) is 122 Å². The van der Waals surface area contributed by atoms with E-state index in [1.54, 1.807) is 42.5 Å². The van der Waals surface area contributed by atoms with Gasteiger partial charge in [0.15, 0.2) is 5.17 Å². The first-order chi connectivity index (χ1) is 14.5. The van der Waals surface area contributed by atoms with Crippen LogP contribution in [0.4, 0.5) is 5.69 Å². The van der Waals surface area contributed by atoms with Gasteiger partial charge in [0.2, 0.25) is 5.91 Å². The molecule has 2 aliphatic rings. The van der Waals surface area contributed by atoms with Crippen LogP contribution in [0.1, 0.15) is 10.4 Å². The Morgan fingerprint density at radius 3 is 2.30 bits per heavy atom. The van der Waals surface area contributed by atoms with Crippen LogP contribution < -0.4 is 5.32 Å². The quantitative estimate of drug-likeness (QED) is 0.566. The second-order valence-corrected chi connectivity index (χ2v) is 8.25. The molecule has 30 heavy (non-hydrogen) atoms. The fraction of sp³-hybridized carbons (Fsp3) is 0.286. The number of hydrogen-bond acceptors (Lipinski definition) is 7. The normalized spacial score (nSPS) is 30.0. The number of aliphatic hydroxyl groups excluding tert-OH is 3. The lowest BCUT2D eigenvalue weighted by Crippen LogP contribution is -2.73. The summed E-state index contributed by atoms with van der Waals surface area (Å²) in [4.78, 5) is 31.8. The van der Waals surface area contributed by atoms with E-state index in [-0.39, 0.29) is 5.17 Å². The van der Waals surface area contributed by atoms with E-state index < -0.39 is 48.0 Å². The summed E-state index contributed by atoms with van der Waals surface area (Å²) in [7, 11) is 0. The molecule has 2 fully saturated rings. The number of nitrogens with zero attached hydrogens (tertiary/aromatic N) is 2. The first kappa shape index (κ1) is 20.5. The lowest BCUT2D eigenvalue weighted by atomic mass is 9.88. The predicted octanol–water partition coefficient (Wildman–Crippen LogP) is 0.513. The Hall–Kier alpha value is -2.72. The first-order valence-electron chi connectivity index (χ1n) is 9.47. The number of aliphatic hydroxyl groups is 3. The summed E-state index contributed by atoms with van der Waals surface area (Å²) in [5, 5.41) is 33.3. The van der Waals surface area contributed by atoms with Crippen molar-refractivity contribution >= 4 is 34.4 Å². The van der Waals surface area contributed by atoms with Gasteiger partial charge in [0.1, 0.15) is 12.1 Å². The van der Waals surface area contributed by atoms with Crippen LogP contribution in [0.5, 0.6) is 0 Å². The van der Waals surface area contributed by atoms with Gasteiger partial charge in [-0.15, -0.1) is 0 Å². The Morgan fingerprint density at radius 1 is 1.03 bits per heavy atom. The number of nitrogens with one attached hydrogen (secondary N) is 1. The second-order valence-electron chi connectivity index (χ2n) is 7.08. The van der Waals surface area contributed by atoms with Gasteiger partial charge in [-0.2, -0.15) is 0 Å². The number of fused-ring (bicyclic) bond motifs is 1. The van der Waals surface area contributed by atoms with Gasteiger partial charge in [0.05, 0.1) is 29.7 Å². The molecule has 0 saturated carbocycles. The van der Waals surface area contributed by atoms with E-state index in [1.165, 1.54) is 4.90 Å². The van der Waals surface area contributed by atoms with Crippen LogP contribution in [0.15, 0.2) is 65.7 Å². The molecule has 0 radical (unpaired) electrons. The molecule has 0 aliphatic carbocycles. The highest BCUT2D eigenvalue weighted by atomic mass is 32.2. The molecule has 156 valence electrons. The molecule has 2 aliphatic heterocycles. The number of carbonyl (C=O) groups is 2. The van der Waals surface area contributed by atoms with Crippen LogP contribution >= 0.6 is 11.8 Å². The van der Waals surface area contributed by atoms with Gasteiger partial charge < -0.3 is 25.5 Å². The standard InChI is InChI=1S/C21H21N3O5S/c25-11-14-16(26)17(27)18-15(24(14)20(29)12-7-3-1-4-8-12)19(28)23-21(30-18)22-13-9-5-2-6-10-13/h1-10,14-18,25-27H,11H2,(H,22,23,28)/t14-,15-,16-,17+,18-/m1/s1. The fourth-order valence-electron chi connectivity index (χ4n) is 3.76. The molecule has 0 spiro atoms. The summed E-state index contributed by atoms with van der Waals surface area (Å²) < 4.78 is 0. The number of rotatable bonds is 3. The average molecular weight is 427 g/mol.